The van der Waals surface area contributed by atoms with Crippen LogP contribution in [0.4, 0.5) is 0 Å². The summed E-state index contributed by atoms with van der Waals surface area (Å²) in [5.41, 5.74) is 5.81. The second-order valence-electron chi connectivity index (χ2n) is 6.02. The topological polar surface area (TPSA) is 24.9 Å². The zero-order valence-electron chi connectivity index (χ0n) is 12.2. The average Bonchev–Trinajstić information content (AvgIpc) is 3.22. The van der Waals surface area contributed by atoms with Gasteiger partial charge in [0.15, 0.2) is 0 Å². The van der Waals surface area contributed by atoms with Crippen LogP contribution in [0.1, 0.15) is 16.8 Å². The van der Waals surface area contributed by atoms with Gasteiger partial charge in [-0.25, -0.2) is 0 Å². The van der Waals surface area contributed by atoms with E-state index in [2.05, 4.69) is 46.7 Å². The Morgan fingerprint density at radius 3 is 2.95 bits per heavy atom. The van der Waals surface area contributed by atoms with Gasteiger partial charge < -0.3 is 0 Å². The molecule has 0 unspecified atom stereocenters. The first-order valence-corrected chi connectivity index (χ1v) is 13.8. The van der Waals surface area contributed by atoms with Crippen LogP contribution in [0.2, 0.25) is 0 Å². The van der Waals surface area contributed by atoms with Crippen LogP contribution in [-0.4, -0.2) is 38.1 Å². The third kappa shape index (κ3) is 1.93. The number of rotatable bonds is 2. The number of hydrogen-bond donors (Lipinski definition) is 1. The summed E-state index contributed by atoms with van der Waals surface area (Å²) in [5.74, 6) is 2.24. The van der Waals surface area contributed by atoms with Crippen LogP contribution in [0.3, 0.4) is 0 Å². The monoisotopic (exact) mass is 406 g/mol. The molecule has 22 heavy (non-hydrogen) atoms. The van der Waals surface area contributed by atoms with Crippen molar-refractivity contribution in [3.63, 3.8) is 0 Å². The van der Waals surface area contributed by atoms with Crippen LogP contribution in [0.15, 0.2) is 51.6 Å². The van der Waals surface area contributed by atoms with E-state index >= 15 is 0 Å². The van der Waals surface area contributed by atoms with Crippen molar-refractivity contribution < 1.29 is 0 Å². The summed E-state index contributed by atoms with van der Waals surface area (Å²) < 4.78 is 5.14. The predicted molar refractivity (Wildman–Crippen MR) is 95.1 cm³/mol. The van der Waals surface area contributed by atoms with E-state index in [1.807, 2.05) is 24.0 Å². The number of hydrogen-bond acceptors (Lipinski definition) is 3. The van der Waals surface area contributed by atoms with Crippen molar-refractivity contribution >= 4 is 45.9 Å². The maximum atomic E-state index is 4.54. The van der Waals surface area contributed by atoms with Gasteiger partial charge in [0, 0.05) is 0 Å². The summed E-state index contributed by atoms with van der Waals surface area (Å²) >= 11 is -0.0409. The Labute approximate surface area is 142 Å². The second kappa shape index (κ2) is 5.20. The fourth-order valence-electron chi connectivity index (χ4n) is 3.91. The first kappa shape index (κ1) is 13.3. The first-order valence-electron chi connectivity index (χ1n) is 7.70. The number of allylic oxidation sites excluding steroid dienone is 1. The molecular formula is C18H15InN2S. The van der Waals surface area contributed by atoms with Crippen LogP contribution in [0.25, 0.3) is 9.41 Å². The van der Waals surface area contributed by atoms with Crippen molar-refractivity contribution in [2.75, 3.05) is 11.6 Å². The van der Waals surface area contributed by atoms with Gasteiger partial charge in [0.1, 0.15) is 0 Å². The number of pyridine rings is 1. The normalized spacial score (nSPS) is 21.3. The molecule has 1 N–H and O–H groups in total. The molecule has 4 heteroatoms. The number of nitrogens with one attached hydrogen (secondary N) is 1. The van der Waals surface area contributed by atoms with E-state index in [0.29, 0.717) is 0 Å². The number of aromatic nitrogens is 1. The molecule has 4 heterocycles. The summed E-state index contributed by atoms with van der Waals surface area (Å²) in [6, 6.07) is 13.2. The Bertz CT molecular complexity index is 818. The van der Waals surface area contributed by atoms with Gasteiger partial charge in [-0.05, 0) is 0 Å². The van der Waals surface area contributed by atoms with Crippen molar-refractivity contribution in [3.05, 3.63) is 68.4 Å². The molecular weight excluding hydrogens is 391 g/mol. The van der Waals surface area contributed by atoms with Gasteiger partial charge in [0.25, 0.3) is 0 Å². The number of thioether (sulfide) groups is 1. The van der Waals surface area contributed by atoms with Crippen LogP contribution < -0.4 is 8.64 Å². The maximum absolute atomic E-state index is 4.54. The molecule has 0 radical (unpaired) electrons. The molecule has 3 aliphatic rings. The Hall–Kier alpha value is -1.13. The van der Waals surface area contributed by atoms with Crippen LogP contribution in [0.5, 0.6) is 0 Å². The summed E-state index contributed by atoms with van der Waals surface area (Å²) in [7, 11) is 0. The Morgan fingerprint density at radius 1 is 1.18 bits per heavy atom. The van der Waals surface area contributed by atoms with E-state index in [0.717, 1.165) is 18.1 Å². The summed E-state index contributed by atoms with van der Waals surface area (Å²) in [4.78, 5) is 4.54. The molecule has 0 saturated carbocycles. The molecule has 2 nitrogen and oxygen atoms in total. The van der Waals surface area contributed by atoms with E-state index < -0.39 is 21.4 Å². The third-order valence-electron chi connectivity index (χ3n) is 4.80. The van der Waals surface area contributed by atoms with Crippen LogP contribution >= 0.6 is 11.8 Å². The van der Waals surface area contributed by atoms with Gasteiger partial charge >= 0.3 is 143 Å². The zero-order valence-corrected chi connectivity index (χ0v) is 16.3. The third-order valence-corrected chi connectivity index (χ3v) is 15.6. The van der Waals surface area contributed by atoms with Gasteiger partial charge in [0.05, 0.1) is 0 Å². The molecule has 0 atom stereocenters. The molecule has 0 amide bonds. The summed E-state index contributed by atoms with van der Waals surface area (Å²) in [5, 5.41) is 3.64. The van der Waals surface area contributed by atoms with Gasteiger partial charge in [0.2, 0.25) is 0 Å². The molecule has 106 valence electrons. The summed E-state index contributed by atoms with van der Waals surface area (Å²) in [6.45, 7) is 0. The van der Waals surface area contributed by atoms with E-state index in [1.54, 1.807) is 9.98 Å². The molecule has 4 bridgehead atoms. The van der Waals surface area contributed by atoms with Gasteiger partial charge in [-0.2, -0.15) is 0 Å². The minimum atomic E-state index is -2.04. The molecule has 1 aromatic carbocycles. The molecule has 3 aliphatic heterocycles. The average molecular weight is 406 g/mol. The number of nitrogens with zero attached hydrogens (tertiary/aromatic N) is 1. The fraction of sp³-hybridized carbons (Fsp3) is 0.167. The van der Waals surface area contributed by atoms with E-state index in [-0.39, 0.29) is 0 Å². The fourth-order valence-corrected chi connectivity index (χ4v) is 16.0. The summed E-state index contributed by atoms with van der Waals surface area (Å²) in [6.07, 6.45) is 5.44. The molecule has 0 spiro atoms. The predicted octanol–water partition coefficient (Wildman–Crippen LogP) is 2.52. The minimum absolute atomic E-state index is 1.04. The van der Waals surface area contributed by atoms with Crippen molar-refractivity contribution in [3.8, 4) is 0 Å². The molecule has 5 rings (SSSR count). The molecule has 1 saturated heterocycles. The molecule has 1 fully saturated rings. The van der Waals surface area contributed by atoms with Gasteiger partial charge in [-0.15, -0.1) is 0 Å². The SMILES string of the molecule is C1=[C](Cc2ccccn2)[In]2/[C](=C3/CSCN3)c3ccc[c]2c31. The van der Waals surface area contributed by atoms with Crippen molar-refractivity contribution in [2.24, 2.45) is 0 Å². The van der Waals surface area contributed by atoms with Crippen LogP contribution in [-0.2, 0) is 6.42 Å². The Balaban J connectivity index is 1.60. The van der Waals surface area contributed by atoms with Crippen molar-refractivity contribution in [2.45, 2.75) is 6.42 Å². The van der Waals surface area contributed by atoms with Gasteiger partial charge in [-0.3, -0.25) is 0 Å². The first-order chi connectivity index (χ1) is 10.9. The van der Waals surface area contributed by atoms with Crippen molar-refractivity contribution in [1.29, 1.82) is 0 Å². The van der Waals surface area contributed by atoms with E-state index in [9.17, 15) is 0 Å². The number of benzene rings is 1. The molecule has 1 aromatic heterocycles. The standard InChI is InChI=1S/C18H15N2S.In/c1-2-7-16(12-18-13-21-14-20-18)15(6-1)8-5-10-17-9-3-4-11-19-17;/h1-4,7-9,11,20H,10,13-14H2;. The quantitative estimate of drug-likeness (QED) is 0.830. The molecule has 0 aliphatic carbocycles. The van der Waals surface area contributed by atoms with E-state index in [4.69, 9.17) is 0 Å². The van der Waals surface area contributed by atoms with Crippen molar-refractivity contribution in [1.82, 2.24) is 10.3 Å². The Morgan fingerprint density at radius 2 is 2.18 bits per heavy atom. The zero-order chi connectivity index (χ0) is 14.5. The second-order valence-corrected chi connectivity index (χ2v) is 15.0. The van der Waals surface area contributed by atoms with Gasteiger partial charge in [-0.1, -0.05) is 0 Å². The Kier molecular flexibility index (Phi) is 3.15. The van der Waals surface area contributed by atoms with E-state index in [1.165, 1.54) is 22.5 Å². The molecule has 2 aromatic rings. The van der Waals surface area contributed by atoms with Crippen LogP contribution in [0, 0.1) is 0 Å².